The van der Waals surface area contributed by atoms with Gasteiger partial charge in [0.25, 0.3) is 11.8 Å². The highest BCUT2D eigenvalue weighted by Crippen LogP contribution is 2.35. The first-order valence-electron chi connectivity index (χ1n) is 11.1. The van der Waals surface area contributed by atoms with Crippen LogP contribution in [-0.4, -0.2) is 49.5 Å². The summed E-state index contributed by atoms with van der Waals surface area (Å²) in [7, 11) is -4.68. The second-order valence-corrected chi connectivity index (χ2v) is 9.90. The Morgan fingerprint density at radius 3 is 2.46 bits per heavy atom. The molecule has 0 unspecified atom stereocenters. The summed E-state index contributed by atoms with van der Waals surface area (Å²) in [5.41, 5.74) is 0.448. The lowest BCUT2D eigenvalue weighted by Gasteiger charge is -2.12. The number of amides is 2. The van der Waals surface area contributed by atoms with Crippen molar-refractivity contribution in [2.75, 3.05) is 18.5 Å². The minimum atomic E-state index is -4.68. The van der Waals surface area contributed by atoms with E-state index in [0.717, 1.165) is 0 Å². The first kappa shape index (κ1) is 28.4. The van der Waals surface area contributed by atoms with Gasteiger partial charge in [-0.15, -0.1) is 0 Å². The van der Waals surface area contributed by atoms with Crippen LogP contribution in [0.2, 0.25) is 10.0 Å². The molecule has 0 bridgehead atoms. The summed E-state index contributed by atoms with van der Waals surface area (Å²) in [5.74, 6) is -1.93. The van der Waals surface area contributed by atoms with Crippen LogP contribution in [0.5, 0.6) is 0 Å². The molecule has 0 spiro atoms. The number of halogens is 3. The van der Waals surface area contributed by atoms with E-state index in [4.69, 9.17) is 33.0 Å². The van der Waals surface area contributed by atoms with Gasteiger partial charge in [0.05, 0.1) is 27.9 Å². The minimum absolute atomic E-state index is 0.00797. The summed E-state index contributed by atoms with van der Waals surface area (Å²) < 4.78 is 30.8. The molecule has 0 saturated carbocycles. The van der Waals surface area contributed by atoms with Crippen LogP contribution in [0.4, 0.5) is 10.2 Å². The zero-order valence-corrected chi connectivity index (χ0v) is 22.1. The number of rotatable bonds is 9. The summed E-state index contributed by atoms with van der Waals surface area (Å²) in [6, 6.07) is 15.1. The number of aromatic nitrogens is 3. The molecule has 2 heterocycles. The van der Waals surface area contributed by atoms with Gasteiger partial charge in [-0.05, 0) is 36.4 Å². The fourth-order valence-electron chi connectivity index (χ4n) is 3.44. The molecule has 15 heteroatoms. The molecule has 4 rings (SSSR count). The first-order valence-corrected chi connectivity index (χ1v) is 13.4. The predicted octanol–water partition coefficient (Wildman–Crippen LogP) is 4.47. The highest BCUT2D eigenvalue weighted by molar-refractivity contribution is 7.46. The zero-order chi connectivity index (χ0) is 28.2. The Hall–Kier alpha value is -3.64. The molecule has 202 valence electrons. The van der Waals surface area contributed by atoms with Gasteiger partial charge in [0.2, 0.25) is 0 Å². The van der Waals surface area contributed by atoms with Gasteiger partial charge in [0, 0.05) is 24.4 Å². The van der Waals surface area contributed by atoms with Crippen molar-refractivity contribution in [3.05, 3.63) is 94.0 Å². The average molecular weight is 594 g/mol. The molecule has 0 aliphatic heterocycles. The molecule has 0 atom stereocenters. The summed E-state index contributed by atoms with van der Waals surface area (Å²) in [4.78, 5) is 47.4. The number of pyridine rings is 1. The maximum Gasteiger partial charge on any atom is 0.469 e. The maximum atomic E-state index is 14.4. The van der Waals surface area contributed by atoms with E-state index in [9.17, 15) is 18.5 Å². The second-order valence-electron chi connectivity index (χ2n) is 7.84. The van der Waals surface area contributed by atoms with Crippen molar-refractivity contribution in [1.82, 2.24) is 20.1 Å². The van der Waals surface area contributed by atoms with Crippen LogP contribution in [-0.2, 0) is 9.09 Å². The average Bonchev–Trinajstić information content (AvgIpc) is 3.31. The van der Waals surface area contributed by atoms with E-state index in [1.165, 1.54) is 41.2 Å². The van der Waals surface area contributed by atoms with E-state index in [1.54, 1.807) is 30.3 Å². The number of phosphoric ester groups is 1. The van der Waals surface area contributed by atoms with Crippen molar-refractivity contribution >= 4 is 48.7 Å². The smallest absolute Gasteiger partial charge is 0.348 e. The van der Waals surface area contributed by atoms with E-state index in [1.807, 2.05) is 0 Å². The number of para-hydroxylation sites is 1. The van der Waals surface area contributed by atoms with Gasteiger partial charge in [0.1, 0.15) is 17.3 Å². The number of carbonyl (C=O) groups is 2. The van der Waals surface area contributed by atoms with E-state index < -0.39 is 32.1 Å². The lowest BCUT2D eigenvalue weighted by molar-refractivity contribution is 0.0935. The molecule has 4 N–H and O–H groups in total. The Labute approximate surface area is 230 Å². The van der Waals surface area contributed by atoms with Crippen molar-refractivity contribution in [3.63, 3.8) is 0 Å². The molecular formula is C24H19Cl2FN5O6P. The number of phosphoric acid groups is 1. The van der Waals surface area contributed by atoms with Gasteiger partial charge in [-0.2, -0.15) is 5.10 Å². The SMILES string of the molecule is O=C(NCCOP(=O)(O)O)c1cc(NC(=O)c2cc(-c3ncccc3F)c(Cl)cc2Cl)n(-c2ccccc2)n1. The van der Waals surface area contributed by atoms with Gasteiger partial charge < -0.3 is 20.4 Å². The maximum absolute atomic E-state index is 14.4. The van der Waals surface area contributed by atoms with Crippen LogP contribution in [0, 0.1) is 5.82 Å². The molecule has 2 aromatic heterocycles. The fraction of sp³-hybridized carbons (Fsp3) is 0.0833. The minimum Gasteiger partial charge on any atom is -0.348 e. The van der Waals surface area contributed by atoms with E-state index in [0.29, 0.717) is 5.69 Å². The summed E-state index contributed by atoms with van der Waals surface area (Å²) in [6.45, 7) is -0.648. The van der Waals surface area contributed by atoms with Crippen molar-refractivity contribution in [1.29, 1.82) is 0 Å². The Kier molecular flexibility index (Phi) is 8.76. The summed E-state index contributed by atoms with van der Waals surface area (Å²) >= 11 is 12.6. The second kappa shape index (κ2) is 12.0. The number of carbonyl (C=O) groups excluding carboxylic acids is 2. The lowest BCUT2D eigenvalue weighted by atomic mass is 10.1. The largest absolute Gasteiger partial charge is 0.469 e. The molecule has 2 amide bonds. The van der Waals surface area contributed by atoms with Gasteiger partial charge in [-0.3, -0.25) is 19.1 Å². The highest BCUT2D eigenvalue weighted by Gasteiger charge is 2.22. The predicted molar refractivity (Wildman–Crippen MR) is 141 cm³/mol. The molecule has 11 nitrogen and oxygen atoms in total. The number of benzene rings is 2. The van der Waals surface area contributed by atoms with Crippen LogP contribution in [0.3, 0.4) is 0 Å². The number of hydrogen-bond donors (Lipinski definition) is 4. The molecule has 39 heavy (non-hydrogen) atoms. The van der Waals surface area contributed by atoms with Gasteiger partial charge >= 0.3 is 7.82 Å². The van der Waals surface area contributed by atoms with Crippen LogP contribution >= 0.6 is 31.0 Å². The summed E-state index contributed by atoms with van der Waals surface area (Å²) in [5, 5.41) is 9.40. The standard InChI is InChI=1S/C24H19Cl2FN5O6P/c25-17-12-18(26)16(11-15(17)22-19(27)7-4-8-28-22)23(33)30-21-13-20(24(34)29-9-10-38-39(35,36)37)31-32(21)14-5-2-1-3-6-14/h1-8,11-13H,9-10H2,(H,29,34)(H,30,33)(H2,35,36,37). The molecule has 0 aliphatic rings. The highest BCUT2D eigenvalue weighted by atomic mass is 35.5. The van der Waals surface area contributed by atoms with E-state index in [2.05, 4.69) is 25.2 Å². The topological polar surface area (TPSA) is 156 Å². The molecule has 0 saturated heterocycles. The quantitative estimate of drug-likeness (QED) is 0.163. The van der Waals surface area contributed by atoms with Crippen LogP contribution < -0.4 is 10.6 Å². The first-order chi connectivity index (χ1) is 18.5. The number of hydrogen-bond acceptors (Lipinski definition) is 6. The molecule has 2 aromatic carbocycles. The Bertz CT molecular complexity index is 1580. The van der Waals surface area contributed by atoms with Crippen molar-refractivity contribution < 1.29 is 32.9 Å². The number of anilines is 1. The van der Waals surface area contributed by atoms with Gasteiger partial charge in [-0.1, -0.05) is 41.4 Å². The van der Waals surface area contributed by atoms with Crippen molar-refractivity contribution in [3.8, 4) is 16.9 Å². The Morgan fingerprint density at radius 1 is 1.03 bits per heavy atom. The van der Waals surface area contributed by atoms with E-state index in [-0.39, 0.29) is 44.9 Å². The van der Waals surface area contributed by atoms with Crippen molar-refractivity contribution in [2.45, 2.75) is 0 Å². The Balaban J connectivity index is 1.63. The summed E-state index contributed by atoms with van der Waals surface area (Å²) in [6.07, 6.45) is 1.38. The van der Waals surface area contributed by atoms with Crippen LogP contribution in [0.1, 0.15) is 20.8 Å². The molecule has 4 aromatic rings. The van der Waals surface area contributed by atoms with Gasteiger partial charge in [0.15, 0.2) is 5.69 Å². The fourth-order valence-corrected chi connectivity index (χ4v) is 4.33. The Morgan fingerprint density at radius 2 is 1.77 bits per heavy atom. The number of nitrogens with zero attached hydrogens (tertiary/aromatic N) is 3. The molecular weight excluding hydrogens is 575 g/mol. The lowest BCUT2D eigenvalue weighted by Crippen LogP contribution is -2.27. The third kappa shape index (κ3) is 7.07. The van der Waals surface area contributed by atoms with Crippen LogP contribution in [0.25, 0.3) is 16.9 Å². The molecule has 0 aliphatic carbocycles. The van der Waals surface area contributed by atoms with E-state index >= 15 is 0 Å². The van der Waals surface area contributed by atoms with Gasteiger partial charge in [-0.25, -0.2) is 13.6 Å². The monoisotopic (exact) mass is 593 g/mol. The zero-order valence-electron chi connectivity index (χ0n) is 19.7. The normalized spacial score (nSPS) is 11.3. The molecule has 0 radical (unpaired) electrons. The van der Waals surface area contributed by atoms with Crippen molar-refractivity contribution in [2.24, 2.45) is 0 Å². The third-order valence-corrected chi connectivity index (χ3v) is 6.29. The number of nitrogens with one attached hydrogen (secondary N) is 2. The third-order valence-electron chi connectivity index (χ3n) is 5.15. The van der Waals surface area contributed by atoms with Crippen LogP contribution in [0.15, 0.2) is 66.9 Å². The molecule has 0 fully saturated rings.